The molecular weight excluding hydrogens is 322 g/mol. The van der Waals surface area contributed by atoms with E-state index in [1.807, 2.05) is 0 Å². The summed E-state index contributed by atoms with van der Waals surface area (Å²) in [6, 6.07) is 1.04. The van der Waals surface area contributed by atoms with Gasteiger partial charge in [0.15, 0.2) is 0 Å². The average molecular weight is 364 g/mol. The molecule has 0 aromatic heterocycles. The molecule has 134 valence electrons. The maximum absolute atomic E-state index is 6.48. The Morgan fingerprint density at radius 3 is 1.36 bits per heavy atom. The fraction of sp³-hybridized carbons (Fsp3) is 1.00. The lowest BCUT2D eigenvalue weighted by Gasteiger charge is -2.52. The minimum atomic E-state index is -2.20. The second-order valence-electron chi connectivity index (χ2n) is 8.25. The van der Waals surface area contributed by atoms with Gasteiger partial charge in [0.05, 0.1) is 0 Å². The number of nitrogens with zero attached hydrogens (tertiary/aromatic N) is 1. The van der Waals surface area contributed by atoms with E-state index in [0.29, 0.717) is 5.67 Å². The molecule has 0 spiro atoms. The maximum atomic E-state index is 6.48. The number of rotatable bonds is 11. The molecule has 0 rings (SSSR count). The molecule has 0 heterocycles. The summed E-state index contributed by atoms with van der Waals surface area (Å²) < 4.78 is 15.8. The van der Waals surface area contributed by atoms with Crippen molar-refractivity contribution in [1.29, 1.82) is 0 Å². The van der Waals surface area contributed by atoms with E-state index in [-0.39, 0.29) is 0 Å². The first-order valence-corrected chi connectivity index (χ1v) is 18.0. The minimum absolute atomic E-state index is 0.439. The summed E-state index contributed by atoms with van der Waals surface area (Å²) in [6.45, 7) is 25.5. The van der Waals surface area contributed by atoms with Gasteiger partial charge in [0, 0.05) is 18.9 Å². The normalized spacial score (nSPS) is 15.4. The largest absolute Gasteiger partial charge is 0.393 e. The van der Waals surface area contributed by atoms with Gasteiger partial charge in [-0.15, -0.1) is 0 Å². The quantitative estimate of drug-likeness (QED) is 0.471. The molecule has 0 amide bonds. The van der Waals surface area contributed by atoms with E-state index in [4.69, 9.17) is 8.85 Å². The van der Waals surface area contributed by atoms with Crippen LogP contribution in [0.5, 0.6) is 0 Å². The molecule has 0 N–H and O–H groups in total. The van der Waals surface area contributed by atoms with Crippen molar-refractivity contribution in [2.45, 2.75) is 91.5 Å². The predicted molar refractivity (Wildman–Crippen MR) is 107 cm³/mol. The highest BCUT2D eigenvalue weighted by Crippen LogP contribution is 2.31. The molecule has 0 bridgehead atoms. The van der Waals surface area contributed by atoms with Crippen molar-refractivity contribution in [2.75, 3.05) is 13.2 Å². The van der Waals surface area contributed by atoms with Crippen LogP contribution in [0.4, 0.5) is 0 Å². The lowest BCUT2D eigenvalue weighted by molar-refractivity contribution is 0.151. The van der Waals surface area contributed by atoms with Crippen LogP contribution in [0.2, 0.25) is 45.3 Å². The first-order valence-electron chi connectivity index (χ1n) is 9.03. The van der Waals surface area contributed by atoms with Crippen molar-refractivity contribution < 1.29 is 8.85 Å². The Bertz CT molecular complexity index is 291. The molecule has 3 nitrogen and oxygen atoms in total. The smallest absolute Gasteiger partial charge is 0.354 e. The molecule has 0 aliphatic heterocycles. The van der Waals surface area contributed by atoms with Crippen LogP contribution in [-0.4, -0.2) is 48.1 Å². The third-order valence-electron chi connectivity index (χ3n) is 4.06. The van der Waals surface area contributed by atoms with E-state index < -0.39 is 25.0 Å². The fourth-order valence-corrected chi connectivity index (χ4v) is 20.6. The zero-order valence-corrected chi connectivity index (χ0v) is 19.9. The van der Waals surface area contributed by atoms with E-state index in [2.05, 4.69) is 71.2 Å². The Morgan fingerprint density at radius 1 is 0.773 bits per heavy atom. The van der Waals surface area contributed by atoms with Crippen LogP contribution >= 0.6 is 0 Å². The van der Waals surface area contributed by atoms with Gasteiger partial charge in [-0.25, -0.2) is 0 Å². The molecule has 0 aromatic carbocycles. The molecule has 0 radical (unpaired) electrons. The SMILES string of the molecule is CCCO[Si](CC)(OCCC)C(C)N([Si](C)(C)C)[Si](C)(C)C. The summed E-state index contributed by atoms with van der Waals surface area (Å²) in [5.41, 5.74) is 0.439. The van der Waals surface area contributed by atoms with Gasteiger partial charge in [-0.3, -0.25) is 0 Å². The first-order chi connectivity index (χ1) is 9.96. The van der Waals surface area contributed by atoms with Crippen LogP contribution in [0.1, 0.15) is 40.5 Å². The summed E-state index contributed by atoms with van der Waals surface area (Å²) in [5, 5.41) is 0. The summed E-state index contributed by atoms with van der Waals surface area (Å²) in [6.07, 6.45) is 2.13. The van der Waals surface area contributed by atoms with E-state index in [1.54, 1.807) is 0 Å². The highest BCUT2D eigenvalue weighted by molar-refractivity contribution is 6.91. The minimum Gasteiger partial charge on any atom is -0.393 e. The van der Waals surface area contributed by atoms with Gasteiger partial charge >= 0.3 is 8.56 Å². The van der Waals surface area contributed by atoms with Gasteiger partial charge in [0.2, 0.25) is 0 Å². The highest BCUT2D eigenvalue weighted by Gasteiger charge is 2.50. The van der Waals surface area contributed by atoms with E-state index >= 15 is 0 Å². The van der Waals surface area contributed by atoms with Gasteiger partial charge in [0.25, 0.3) is 0 Å². The van der Waals surface area contributed by atoms with Crippen LogP contribution in [-0.2, 0) is 8.85 Å². The number of hydrogen-bond acceptors (Lipinski definition) is 3. The van der Waals surface area contributed by atoms with Crippen molar-refractivity contribution in [1.82, 2.24) is 4.23 Å². The van der Waals surface area contributed by atoms with E-state index in [0.717, 1.165) is 32.1 Å². The van der Waals surface area contributed by atoms with Crippen molar-refractivity contribution in [3.63, 3.8) is 0 Å². The predicted octanol–water partition coefficient (Wildman–Crippen LogP) is 5.20. The van der Waals surface area contributed by atoms with Crippen LogP contribution in [0.15, 0.2) is 0 Å². The molecule has 6 heteroatoms. The third kappa shape index (κ3) is 6.20. The standard InChI is InChI=1S/C16H41NO2Si3/c1-11-14-18-22(13-3,19-15-12-2)16(4)17(20(5,6)7)21(8,9)10/h16H,11-15H2,1-10H3. The summed E-state index contributed by atoms with van der Waals surface area (Å²) in [7, 11) is -5.04. The summed E-state index contributed by atoms with van der Waals surface area (Å²) >= 11 is 0. The molecule has 1 unspecified atom stereocenters. The Labute approximate surface area is 143 Å². The zero-order valence-electron chi connectivity index (χ0n) is 16.9. The molecule has 22 heavy (non-hydrogen) atoms. The van der Waals surface area contributed by atoms with Crippen LogP contribution in [0.25, 0.3) is 0 Å². The highest BCUT2D eigenvalue weighted by atomic mass is 28.4. The fourth-order valence-electron chi connectivity index (χ4n) is 3.70. The zero-order chi connectivity index (χ0) is 17.6. The second-order valence-corrected chi connectivity index (χ2v) is 22.1. The molecule has 0 aliphatic carbocycles. The summed E-state index contributed by atoms with van der Waals surface area (Å²) in [4.78, 5) is 0. The Hall–Kier alpha value is 0.531. The van der Waals surface area contributed by atoms with Gasteiger partial charge < -0.3 is 13.1 Å². The lowest BCUT2D eigenvalue weighted by Crippen LogP contribution is -2.71. The third-order valence-corrected chi connectivity index (χ3v) is 16.2. The van der Waals surface area contributed by atoms with Crippen LogP contribution in [0.3, 0.4) is 0 Å². The van der Waals surface area contributed by atoms with Crippen LogP contribution in [0, 0.1) is 0 Å². The molecule has 0 saturated heterocycles. The van der Waals surface area contributed by atoms with Crippen molar-refractivity contribution in [2.24, 2.45) is 0 Å². The van der Waals surface area contributed by atoms with Gasteiger partial charge in [0.1, 0.15) is 16.5 Å². The number of hydrogen-bond donors (Lipinski definition) is 0. The molecule has 0 aliphatic rings. The average Bonchev–Trinajstić information content (AvgIpc) is 2.36. The van der Waals surface area contributed by atoms with Crippen molar-refractivity contribution in [3.8, 4) is 0 Å². The first kappa shape index (κ1) is 22.5. The Morgan fingerprint density at radius 2 is 1.14 bits per heavy atom. The van der Waals surface area contributed by atoms with Crippen molar-refractivity contribution >= 4 is 25.0 Å². The molecule has 0 fully saturated rings. The van der Waals surface area contributed by atoms with Gasteiger partial charge in [-0.1, -0.05) is 60.1 Å². The molecular formula is C16H41NO2Si3. The van der Waals surface area contributed by atoms with E-state index in [1.165, 1.54) is 0 Å². The molecule has 0 saturated carbocycles. The Balaban J connectivity index is 5.65. The van der Waals surface area contributed by atoms with E-state index in [9.17, 15) is 0 Å². The summed E-state index contributed by atoms with van der Waals surface area (Å²) in [5.74, 6) is 0. The van der Waals surface area contributed by atoms with Crippen molar-refractivity contribution in [3.05, 3.63) is 0 Å². The molecule has 0 aromatic rings. The van der Waals surface area contributed by atoms with Gasteiger partial charge in [-0.2, -0.15) is 0 Å². The topological polar surface area (TPSA) is 21.7 Å². The monoisotopic (exact) mass is 363 g/mol. The van der Waals surface area contributed by atoms with Gasteiger partial charge in [-0.05, 0) is 25.8 Å². The Kier molecular flexibility index (Phi) is 9.35. The second kappa shape index (κ2) is 9.13. The lowest BCUT2D eigenvalue weighted by atomic mass is 10.5. The maximum Gasteiger partial charge on any atom is 0.354 e. The molecule has 1 atom stereocenters. The van der Waals surface area contributed by atoms with Crippen LogP contribution < -0.4 is 0 Å².